The number of aliphatic imine (C=N–C) groups is 1. The number of unbranched alkanes of at least 4 members (excludes halogenated alkanes) is 1. The fourth-order valence-electron chi connectivity index (χ4n) is 2.19. The molecule has 1 atom stereocenters. The predicted octanol–water partition coefficient (Wildman–Crippen LogP) is 2.27. The van der Waals surface area contributed by atoms with Crippen LogP contribution in [-0.2, 0) is 9.47 Å². The van der Waals surface area contributed by atoms with E-state index in [9.17, 15) is 0 Å². The summed E-state index contributed by atoms with van der Waals surface area (Å²) in [6.45, 7) is 7.74. The Hall–Kier alpha value is -0.340. The lowest BCUT2D eigenvalue weighted by atomic mass is 10.2. The van der Waals surface area contributed by atoms with Crippen LogP contribution in [-0.4, -0.2) is 64.0 Å². The lowest BCUT2D eigenvalue weighted by Crippen LogP contribution is -2.40. The molecule has 1 N–H and O–H groups in total. The Kier molecular flexibility index (Phi) is 13.1. The van der Waals surface area contributed by atoms with Gasteiger partial charge in [0.05, 0.1) is 19.3 Å². The summed E-state index contributed by atoms with van der Waals surface area (Å²) in [4.78, 5) is 6.40. The second-order valence-corrected chi connectivity index (χ2v) is 5.04. The molecular formula is C15H30IN3O2. The number of allylic oxidation sites excluding steroid dienone is 1. The van der Waals surface area contributed by atoms with Crippen LogP contribution in [0, 0.1) is 0 Å². The molecule has 0 aliphatic carbocycles. The van der Waals surface area contributed by atoms with Crippen molar-refractivity contribution in [1.82, 2.24) is 10.2 Å². The topological polar surface area (TPSA) is 46.1 Å². The van der Waals surface area contributed by atoms with Crippen molar-refractivity contribution in [3.63, 3.8) is 0 Å². The molecule has 21 heavy (non-hydrogen) atoms. The van der Waals surface area contributed by atoms with Crippen molar-refractivity contribution < 1.29 is 9.47 Å². The zero-order valence-electron chi connectivity index (χ0n) is 13.3. The molecule has 0 aromatic carbocycles. The summed E-state index contributed by atoms with van der Waals surface area (Å²) in [5.74, 6) is 0.912. The maximum atomic E-state index is 5.62. The molecule has 1 unspecified atom stereocenters. The van der Waals surface area contributed by atoms with Crippen LogP contribution in [0.1, 0.15) is 25.7 Å². The Morgan fingerprint density at radius 2 is 2.38 bits per heavy atom. The molecule has 6 heteroatoms. The minimum absolute atomic E-state index is 0. The number of halogens is 1. The van der Waals surface area contributed by atoms with Crippen LogP contribution < -0.4 is 5.32 Å². The Balaban J connectivity index is 0.00000400. The van der Waals surface area contributed by atoms with Gasteiger partial charge in [0.25, 0.3) is 0 Å². The summed E-state index contributed by atoms with van der Waals surface area (Å²) in [6.07, 6.45) is 6.66. The third-order valence-electron chi connectivity index (χ3n) is 3.33. The molecule has 1 saturated heterocycles. The largest absolute Gasteiger partial charge is 0.377 e. The van der Waals surface area contributed by atoms with Gasteiger partial charge >= 0.3 is 0 Å². The summed E-state index contributed by atoms with van der Waals surface area (Å²) in [6, 6.07) is 0. The number of rotatable bonds is 9. The fourth-order valence-corrected chi connectivity index (χ4v) is 2.19. The summed E-state index contributed by atoms with van der Waals surface area (Å²) in [7, 11) is 3.85. The van der Waals surface area contributed by atoms with Gasteiger partial charge in [0.1, 0.15) is 0 Å². The molecule has 0 radical (unpaired) electrons. The van der Waals surface area contributed by atoms with E-state index in [-0.39, 0.29) is 24.0 Å². The average Bonchev–Trinajstić information content (AvgIpc) is 2.96. The van der Waals surface area contributed by atoms with Gasteiger partial charge in [-0.05, 0) is 25.7 Å². The van der Waals surface area contributed by atoms with Crippen LogP contribution in [0.15, 0.2) is 17.6 Å². The third kappa shape index (κ3) is 9.31. The molecule has 0 aromatic rings. The molecule has 0 saturated carbocycles. The van der Waals surface area contributed by atoms with Gasteiger partial charge < -0.3 is 19.7 Å². The lowest BCUT2D eigenvalue weighted by molar-refractivity contribution is 0.0190. The molecule has 0 spiro atoms. The average molecular weight is 411 g/mol. The van der Waals surface area contributed by atoms with Crippen molar-refractivity contribution >= 4 is 29.9 Å². The van der Waals surface area contributed by atoms with E-state index in [1.165, 1.54) is 0 Å². The summed E-state index contributed by atoms with van der Waals surface area (Å²) in [5, 5.41) is 3.31. The van der Waals surface area contributed by atoms with Gasteiger partial charge in [-0.25, -0.2) is 0 Å². The number of hydrogen-bond donors (Lipinski definition) is 1. The van der Waals surface area contributed by atoms with Gasteiger partial charge in [-0.15, -0.1) is 30.6 Å². The molecule has 0 aromatic heterocycles. The number of ether oxygens (including phenoxy) is 2. The maximum absolute atomic E-state index is 5.62. The van der Waals surface area contributed by atoms with Crippen LogP contribution in [0.4, 0.5) is 0 Å². The van der Waals surface area contributed by atoms with E-state index in [1.54, 1.807) is 7.05 Å². The zero-order valence-corrected chi connectivity index (χ0v) is 15.7. The molecule has 1 rings (SSSR count). The van der Waals surface area contributed by atoms with Crippen molar-refractivity contribution in [2.24, 2.45) is 4.99 Å². The van der Waals surface area contributed by atoms with Crippen molar-refractivity contribution in [2.45, 2.75) is 31.8 Å². The molecule has 5 nitrogen and oxygen atoms in total. The molecule has 1 aliphatic heterocycles. The molecule has 0 bridgehead atoms. The van der Waals surface area contributed by atoms with E-state index in [4.69, 9.17) is 9.47 Å². The van der Waals surface area contributed by atoms with E-state index in [1.807, 2.05) is 13.1 Å². The number of nitrogens with one attached hydrogen (secondary N) is 1. The van der Waals surface area contributed by atoms with Crippen molar-refractivity contribution in [3.8, 4) is 0 Å². The third-order valence-corrected chi connectivity index (χ3v) is 3.33. The summed E-state index contributed by atoms with van der Waals surface area (Å²) in [5.41, 5.74) is 0. The standard InChI is InChI=1S/C15H29N3O2.HI/c1-4-5-6-10-18(3)15(16-2)17-9-12-19-13-14-8-7-11-20-14;/h4,14H,1,5-13H2,2-3H3,(H,16,17);1H. The van der Waals surface area contributed by atoms with E-state index in [0.717, 1.165) is 51.3 Å². The van der Waals surface area contributed by atoms with Crippen molar-refractivity contribution in [2.75, 3.05) is 47.0 Å². The van der Waals surface area contributed by atoms with Crippen LogP contribution in [0.3, 0.4) is 0 Å². The van der Waals surface area contributed by atoms with Gasteiger partial charge in [-0.3, -0.25) is 4.99 Å². The normalized spacial score (nSPS) is 18.2. The Labute approximate surface area is 146 Å². The lowest BCUT2D eigenvalue weighted by Gasteiger charge is -2.22. The van der Waals surface area contributed by atoms with Crippen LogP contribution >= 0.6 is 24.0 Å². The highest BCUT2D eigenvalue weighted by atomic mass is 127. The highest BCUT2D eigenvalue weighted by molar-refractivity contribution is 14.0. The van der Waals surface area contributed by atoms with Crippen LogP contribution in [0.25, 0.3) is 0 Å². The summed E-state index contributed by atoms with van der Waals surface area (Å²) >= 11 is 0. The van der Waals surface area contributed by atoms with E-state index < -0.39 is 0 Å². The molecular weight excluding hydrogens is 381 g/mol. The number of guanidine groups is 1. The first-order valence-corrected chi connectivity index (χ1v) is 7.50. The second kappa shape index (κ2) is 13.3. The minimum Gasteiger partial charge on any atom is -0.377 e. The molecule has 1 heterocycles. The molecule has 1 fully saturated rings. The van der Waals surface area contributed by atoms with E-state index in [2.05, 4.69) is 21.8 Å². The molecule has 124 valence electrons. The van der Waals surface area contributed by atoms with Crippen LogP contribution in [0.5, 0.6) is 0 Å². The highest BCUT2D eigenvalue weighted by Gasteiger charge is 2.15. The smallest absolute Gasteiger partial charge is 0.193 e. The quantitative estimate of drug-likeness (QED) is 0.208. The van der Waals surface area contributed by atoms with Gasteiger partial charge in [0.15, 0.2) is 5.96 Å². The molecule has 1 aliphatic rings. The number of hydrogen-bond acceptors (Lipinski definition) is 3. The fraction of sp³-hybridized carbons (Fsp3) is 0.800. The minimum atomic E-state index is 0. The first-order valence-electron chi connectivity index (χ1n) is 7.50. The van der Waals surface area contributed by atoms with Gasteiger partial charge in [0, 0.05) is 33.8 Å². The zero-order chi connectivity index (χ0) is 14.6. The summed E-state index contributed by atoms with van der Waals surface area (Å²) < 4.78 is 11.1. The van der Waals surface area contributed by atoms with Crippen molar-refractivity contribution in [3.05, 3.63) is 12.7 Å². The highest BCUT2D eigenvalue weighted by Crippen LogP contribution is 2.11. The van der Waals surface area contributed by atoms with Crippen molar-refractivity contribution in [1.29, 1.82) is 0 Å². The SMILES string of the molecule is C=CCCCN(C)C(=NC)NCCOCC1CCCO1.I. The van der Waals surface area contributed by atoms with Gasteiger partial charge in [-0.1, -0.05) is 6.08 Å². The second-order valence-electron chi connectivity index (χ2n) is 5.04. The first kappa shape index (κ1) is 20.7. The maximum Gasteiger partial charge on any atom is 0.193 e. The van der Waals surface area contributed by atoms with E-state index >= 15 is 0 Å². The molecule has 0 amide bonds. The monoisotopic (exact) mass is 411 g/mol. The van der Waals surface area contributed by atoms with Gasteiger partial charge in [0.2, 0.25) is 0 Å². The van der Waals surface area contributed by atoms with Gasteiger partial charge in [-0.2, -0.15) is 0 Å². The Bertz CT molecular complexity index is 295. The Morgan fingerprint density at radius 1 is 1.57 bits per heavy atom. The van der Waals surface area contributed by atoms with Crippen LogP contribution in [0.2, 0.25) is 0 Å². The Morgan fingerprint density at radius 3 is 3.00 bits per heavy atom. The predicted molar refractivity (Wildman–Crippen MR) is 98.6 cm³/mol. The first-order chi connectivity index (χ1) is 9.77. The number of nitrogens with zero attached hydrogens (tertiary/aromatic N) is 2. The van der Waals surface area contributed by atoms with E-state index in [0.29, 0.717) is 19.3 Å².